The molecule has 5 heteroatoms. The van der Waals surface area contributed by atoms with Crippen LogP contribution in [0.2, 0.25) is 0 Å². The second-order valence-corrected chi connectivity index (χ2v) is 6.36. The maximum atomic E-state index is 12.4. The highest BCUT2D eigenvalue weighted by atomic mass is 16.5. The predicted octanol–water partition coefficient (Wildman–Crippen LogP) is 4.80. The number of nitrogens with one attached hydrogen (secondary N) is 1. The molecule has 1 amide bonds. The molecule has 3 aromatic rings. The van der Waals surface area contributed by atoms with Crippen molar-refractivity contribution in [1.29, 1.82) is 0 Å². The van der Waals surface area contributed by atoms with Gasteiger partial charge in [0.25, 0.3) is 0 Å². The molecule has 2 aromatic heterocycles. The van der Waals surface area contributed by atoms with Crippen LogP contribution in [0.5, 0.6) is 5.75 Å². The van der Waals surface area contributed by atoms with Gasteiger partial charge in [-0.2, -0.15) is 0 Å². The Morgan fingerprint density at radius 1 is 1.27 bits per heavy atom. The van der Waals surface area contributed by atoms with E-state index in [-0.39, 0.29) is 5.91 Å². The van der Waals surface area contributed by atoms with Crippen LogP contribution in [0.3, 0.4) is 0 Å². The number of anilines is 1. The summed E-state index contributed by atoms with van der Waals surface area (Å²) in [5.74, 6) is 1.04. The largest absolute Gasteiger partial charge is 0.496 e. The van der Waals surface area contributed by atoms with Crippen LogP contribution >= 0.6 is 0 Å². The average Bonchev–Trinajstić information content (AvgIpc) is 2.98. The minimum absolute atomic E-state index is 0.229. The van der Waals surface area contributed by atoms with Crippen molar-refractivity contribution >= 4 is 28.3 Å². The van der Waals surface area contributed by atoms with Crippen molar-refractivity contribution in [1.82, 2.24) is 4.98 Å². The van der Waals surface area contributed by atoms with Crippen LogP contribution in [-0.4, -0.2) is 18.0 Å². The first kappa shape index (κ1) is 17.7. The van der Waals surface area contributed by atoms with Crippen molar-refractivity contribution in [2.45, 2.75) is 27.7 Å². The van der Waals surface area contributed by atoms with Gasteiger partial charge < -0.3 is 14.5 Å². The number of hydrogen-bond acceptors (Lipinski definition) is 4. The van der Waals surface area contributed by atoms with Gasteiger partial charge in [-0.05, 0) is 56.5 Å². The molecule has 0 bridgehead atoms. The van der Waals surface area contributed by atoms with Gasteiger partial charge in [-0.25, -0.2) is 4.98 Å². The zero-order chi connectivity index (χ0) is 18.8. The lowest BCUT2D eigenvalue weighted by molar-refractivity contribution is -0.111. The van der Waals surface area contributed by atoms with Crippen molar-refractivity contribution in [2.24, 2.45) is 0 Å². The Morgan fingerprint density at radius 2 is 2.04 bits per heavy atom. The fourth-order valence-corrected chi connectivity index (χ4v) is 3.04. The quantitative estimate of drug-likeness (QED) is 0.686. The number of allylic oxidation sites excluding steroid dienone is 1. The van der Waals surface area contributed by atoms with E-state index in [4.69, 9.17) is 9.15 Å². The number of nitrogens with zero attached hydrogens (tertiary/aromatic N) is 1. The number of methoxy groups -OCH3 is 1. The highest BCUT2D eigenvalue weighted by molar-refractivity contribution is 6.04. The molecule has 1 aromatic carbocycles. The predicted molar refractivity (Wildman–Crippen MR) is 103 cm³/mol. The van der Waals surface area contributed by atoms with Crippen LogP contribution in [0.4, 0.5) is 5.82 Å². The Hall–Kier alpha value is -3.08. The number of pyridine rings is 1. The fraction of sp³-hybridized carbons (Fsp3) is 0.238. The molecule has 0 fully saturated rings. The second-order valence-electron chi connectivity index (χ2n) is 6.36. The molecule has 5 nitrogen and oxygen atoms in total. The average molecular weight is 350 g/mol. The lowest BCUT2D eigenvalue weighted by atomic mass is 9.98. The maximum Gasteiger partial charge on any atom is 0.249 e. The van der Waals surface area contributed by atoms with Crippen molar-refractivity contribution in [3.05, 3.63) is 59.0 Å². The van der Waals surface area contributed by atoms with E-state index in [9.17, 15) is 4.79 Å². The zero-order valence-electron chi connectivity index (χ0n) is 15.6. The molecule has 0 saturated heterocycles. The Morgan fingerprint density at radius 3 is 2.73 bits per heavy atom. The molecule has 3 rings (SSSR count). The van der Waals surface area contributed by atoms with Crippen LogP contribution in [0.25, 0.3) is 16.5 Å². The molecule has 0 aliphatic rings. The number of rotatable bonds is 4. The van der Waals surface area contributed by atoms with Gasteiger partial charge in [-0.15, -0.1) is 0 Å². The Kier molecular flexibility index (Phi) is 4.80. The van der Waals surface area contributed by atoms with Crippen LogP contribution in [-0.2, 0) is 4.79 Å². The standard InChI is InChI=1S/C21H22N2O3/c1-12-7-6-8-22-21(12)23-18(24)9-13(2)16-10-17-14(3)11-26-20(17)15(4)19(16)25-5/h6-11H,1-5H3,(H,22,23,24)/b13-9+. The molecule has 134 valence electrons. The topological polar surface area (TPSA) is 64.4 Å². The minimum atomic E-state index is -0.229. The monoisotopic (exact) mass is 350 g/mol. The van der Waals surface area contributed by atoms with E-state index in [2.05, 4.69) is 10.3 Å². The highest BCUT2D eigenvalue weighted by Crippen LogP contribution is 2.37. The third kappa shape index (κ3) is 3.20. The van der Waals surface area contributed by atoms with Gasteiger partial charge in [0.1, 0.15) is 17.2 Å². The van der Waals surface area contributed by atoms with Gasteiger partial charge >= 0.3 is 0 Å². The van der Waals surface area contributed by atoms with E-state index in [0.717, 1.165) is 38.8 Å². The second kappa shape index (κ2) is 7.04. The van der Waals surface area contributed by atoms with E-state index in [1.165, 1.54) is 0 Å². The summed E-state index contributed by atoms with van der Waals surface area (Å²) in [4.78, 5) is 16.6. The number of carbonyl (C=O) groups is 1. The van der Waals surface area contributed by atoms with Crippen LogP contribution in [0.1, 0.15) is 29.2 Å². The van der Waals surface area contributed by atoms with Crippen LogP contribution in [0.15, 0.2) is 41.2 Å². The number of amides is 1. The Bertz CT molecular complexity index is 1020. The Balaban J connectivity index is 1.99. The van der Waals surface area contributed by atoms with Gasteiger partial charge in [0.05, 0.1) is 13.4 Å². The summed E-state index contributed by atoms with van der Waals surface area (Å²) < 4.78 is 11.2. The summed E-state index contributed by atoms with van der Waals surface area (Å²) in [5, 5.41) is 3.84. The number of furan rings is 1. The van der Waals surface area contributed by atoms with E-state index in [1.54, 1.807) is 25.6 Å². The van der Waals surface area contributed by atoms with Crippen molar-refractivity contribution < 1.29 is 13.9 Å². The maximum absolute atomic E-state index is 12.4. The van der Waals surface area contributed by atoms with Gasteiger partial charge in [-0.1, -0.05) is 6.07 Å². The Labute approximate surface area is 152 Å². The summed E-state index contributed by atoms with van der Waals surface area (Å²) in [5.41, 5.74) is 5.36. The van der Waals surface area contributed by atoms with Crippen LogP contribution in [0, 0.1) is 20.8 Å². The van der Waals surface area contributed by atoms with Crippen molar-refractivity contribution in [2.75, 3.05) is 12.4 Å². The van der Waals surface area contributed by atoms with E-state index in [1.807, 2.05) is 45.9 Å². The lowest BCUT2D eigenvalue weighted by Crippen LogP contribution is -2.11. The van der Waals surface area contributed by atoms with Crippen molar-refractivity contribution in [3.63, 3.8) is 0 Å². The number of fused-ring (bicyclic) bond motifs is 1. The first-order valence-corrected chi connectivity index (χ1v) is 8.39. The molecule has 0 aliphatic heterocycles. The molecule has 26 heavy (non-hydrogen) atoms. The first-order chi connectivity index (χ1) is 12.4. The molecule has 0 unspecified atom stereocenters. The third-order valence-corrected chi connectivity index (χ3v) is 4.47. The minimum Gasteiger partial charge on any atom is -0.496 e. The fourth-order valence-electron chi connectivity index (χ4n) is 3.04. The first-order valence-electron chi connectivity index (χ1n) is 8.39. The van der Waals surface area contributed by atoms with E-state index in [0.29, 0.717) is 11.6 Å². The molecule has 0 saturated carbocycles. The summed E-state index contributed by atoms with van der Waals surface area (Å²) in [7, 11) is 1.62. The van der Waals surface area contributed by atoms with Crippen LogP contribution < -0.4 is 10.1 Å². The summed E-state index contributed by atoms with van der Waals surface area (Å²) >= 11 is 0. The molecular weight excluding hydrogens is 328 g/mol. The number of aromatic nitrogens is 1. The molecule has 1 N–H and O–H groups in total. The van der Waals surface area contributed by atoms with E-state index < -0.39 is 0 Å². The smallest absolute Gasteiger partial charge is 0.249 e. The number of benzene rings is 1. The number of aryl methyl sites for hydroxylation is 3. The highest BCUT2D eigenvalue weighted by Gasteiger charge is 2.17. The molecular formula is C21H22N2O3. The molecule has 2 heterocycles. The molecule has 0 spiro atoms. The molecule has 0 atom stereocenters. The normalized spacial score (nSPS) is 11.7. The van der Waals surface area contributed by atoms with E-state index >= 15 is 0 Å². The number of carbonyl (C=O) groups excluding carboxylic acids is 1. The summed E-state index contributed by atoms with van der Waals surface area (Å²) in [6, 6.07) is 5.74. The summed E-state index contributed by atoms with van der Waals surface area (Å²) in [6.45, 7) is 7.75. The SMILES string of the molecule is COc1c(/C(C)=C/C(=O)Nc2ncccc2C)cc2c(C)coc2c1C. The van der Waals surface area contributed by atoms with Gasteiger partial charge in [0.2, 0.25) is 5.91 Å². The number of ether oxygens (including phenoxy) is 1. The zero-order valence-corrected chi connectivity index (χ0v) is 15.6. The summed E-state index contributed by atoms with van der Waals surface area (Å²) in [6.07, 6.45) is 4.95. The number of hydrogen-bond donors (Lipinski definition) is 1. The lowest BCUT2D eigenvalue weighted by Gasteiger charge is -2.13. The molecule has 0 radical (unpaired) electrons. The van der Waals surface area contributed by atoms with Crippen molar-refractivity contribution in [3.8, 4) is 5.75 Å². The molecule has 0 aliphatic carbocycles. The van der Waals surface area contributed by atoms with Gasteiger partial charge in [0.15, 0.2) is 0 Å². The van der Waals surface area contributed by atoms with Gasteiger partial charge in [-0.3, -0.25) is 4.79 Å². The van der Waals surface area contributed by atoms with Gasteiger partial charge in [0, 0.05) is 28.8 Å². The third-order valence-electron chi connectivity index (χ3n) is 4.47.